The summed E-state index contributed by atoms with van der Waals surface area (Å²) >= 11 is 5.79. The van der Waals surface area contributed by atoms with Gasteiger partial charge in [-0.25, -0.2) is 15.0 Å². The predicted molar refractivity (Wildman–Crippen MR) is 75.3 cm³/mol. The highest BCUT2D eigenvalue weighted by atomic mass is 35.5. The van der Waals surface area contributed by atoms with E-state index in [2.05, 4.69) is 37.7 Å². The molecular weight excluding hydrogens is 260 g/mol. The van der Waals surface area contributed by atoms with Gasteiger partial charge in [0.05, 0.1) is 11.0 Å². The molecule has 0 aliphatic heterocycles. The Morgan fingerprint density at radius 3 is 2.84 bits per heavy atom. The lowest BCUT2D eigenvalue weighted by Gasteiger charge is -2.02. The number of hydrogen-bond donors (Lipinski definition) is 0. The smallest absolute Gasteiger partial charge is 0.222 e. The zero-order valence-electron chi connectivity index (χ0n) is 10.8. The van der Waals surface area contributed by atoms with Gasteiger partial charge in [0.2, 0.25) is 5.28 Å². The van der Waals surface area contributed by atoms with Crippen molar-refractivity contribution < 1.29 is 0 Å². The molecule has 96 valence electrons. The number of nitrogens with zero attached hydrogens (tertiary/aromatic N) is 4. The Bertz CT molecular complexity index is 748. The molecule has 0 amide bonds. The Hall–Kier alpha value is -1.94. The van der Waals surface area contributed by atoms with Crippen molar-refractivity contribution in [3.05, 3.63) is 52.8 Å². The fourth-order valence-electron chi connectivity index (χ4n) is 2.15. The van der Waals surface area contributed by atoms with Gasteiger partial charge in [-0.2, -0.15) is 0 Å². The van der Waals surface area contributed by atoms with Gasteiger partial charge in [0.1, 0.15) is 5.82 Å². The molecule has 1 aromatic carbocycles. The Morgan fingerprint density at radius 1 is 1.21 bits per heavy atom. The quantitative estimate of drug-likeness (QED) is 0.674. The number of fused-ring (bicyclic) bond motifs is 1. The highest BCUT2D eigenvalue weighted by Gasteiger charge is 2.06. The van der Waals surface area contributed by atoms with Crippen molar-refractivity contribution in [2.45, 2.75) is 13.3 Å². The predicted octanol–water partition coefficient (Wildman–Crippen LogP) is 2.92. The van der Waals surface area contributed by atoms with E-state index >= 15 is 0 Å². The normalized spacial score (nSPS) is 11.1. The first kappa shape index (κ1) is 12.1. The highest BCUT2D eigenvalue weighted by Crippen LogP contribution is 2.18. The summed E-state index contributed by atoms with van der Waals surface area (Å²) in [4.78, 5) is 12.6. The van der Waals surface area contributed by atoms with Crippen LogP contribution >= 0.6 is 11.6 Å². The zero-order chi connectivity index (χ0) is 13.4. The standard InChI is InChI=1S/C14H13ClN4/c1-9-17-12-8-10(3-4-13(12)19(9)2)7-11-5-6-16-14(15)18-11/h3-6,8H,7H2,1-2H3. The largest absolute Gasteiger partial charge is 0.331 e. The Morgan fingerprint density at radius 2 is 2.05 bits per heavy atom. The lowest BCUT2D eigenvalue weighted by Crippen LogP contribution is -1.94. The summed E-state index contributed by atoms with van der Waals surface area (Å²) in [6, 6.07) is 8.16. The fourth-order valence-corrected chi connectivity index (χ4v) is 2.32. The maximum Gasteiger partial charge on any atom is 0.222 e. The monoisotopic (exact) mass is 272 g/mol. The summed E-state index contributed by atoms with van der Waals surface area (Å²) in [5.74, 6) is 1.01. The Labute approximate surface area is 116 Å². The summed E-state index contributed by atoms with van der Waals surface area (Å²) in [7, 11) is 2.02. The molecule has 0 aliphatic carbocycles. The van der Waals surface area contributed by atoms with E-state index in [-0.39, 0.29) is 5.28 Å². The molecule has 0 bridgehead atoms. The number of halogens is 1. The summed E-state index contributed by atoms with van der Waals surface area (Å²) in [5.41, 5.74) is 4.23. The topological polar surface area (TPSA) is 43.6 Å². The molecule has 0 saturated carbocycles. The third-order valence-corrected chi connectivity index (χ3v) is 3.42. The zero-order valence-corrected chi connectivity index (χ0v) is 11.5. The molecule has 2 aromatic heterocycles. The van der Waals surface area contributed by atoms with Crippen LogP contribution < -0.4 is 0 Å². The minimum Gasteiger partial charge on any atom is -0.331 e. The van der Waals surface area contributed by atoms with Crippen molar-refractivity contribution in [1.82, 2.24) is 19.5 Å². The number of aromatic nitrogens is 4. The van der Waals surface area contributed by atoms with Gasteiger partial charge in [0.25, 0.3) is 0 Å². The summed E-state index contributed by atoms with van der Waals surface area (Å²) < 4.78 is 2.08. The molecule has 19 heavy (non-hydrogen) atoms. The first-order valence-electron chi connectivity index (χ1n) is 6.03. The van der Waals surface area contributed by atoms with E-state index in [1.807, 2.05) is 20.0 Å². The highest BCUT2D eigenvalue weighted by molar-refractivity contribution is 6.28. The minimum absolute atomic E-state index is 0.284. The van der Waals surface area contributed by atoms with Crippen molar-refractivity contribution in [1.29, 1.82) is 0 Å². The van der Waals surface area contributed by atoms with Gasteiger partial charge in [0, 0.05) is 25.4 Å². The third kappa shape index (κ3) is 2.31. The van der Waals surface area contributed by atoms with E-state index in [0.29, 0.717) is 0 Å². The second-order valence-electron chi connectivity index (χ2n) is 4.53. The SMILES string of the molecule is Cc1nc2cc(Cc3ccnc(Cl)n3)ccc2n1C. The first-order valence-corrected chi connectivity index (χ1v) is 6.40. The average Bonchev–Trinajstić information content (AvgIpc) is 2.65. The molecule has 3 aromatic rings. The van der Waals surface area contributed by atoms with E-state index in [4.69, 9.17) is 11.6 Å². The molecule has 3 rings (SSSR count). The van der Waals surface area contributed by atoms with Crippen molar-refractivity contribution in [2.24, 2.45) is 7.05 Å². The average molecular weight is 273 g/mol. The van der Waals surface area contributed by atoms with Crippen LogP contribution in [-0.2, 0) is 13.5 Å². The van der Waals surface area contributed by atoms with Gasteiger partial charge in [-0.1, -0.05) is 6.07 Å². The number of aryl methyl sites for hydroxylation is 2. The van der Waals surface area contributed by atoms with Gasteiger partial charge in [0.15, 0.2) is 0 Å². The molecular formula is C14H13ClN4. The van der Waals surface area contributed by atoms with Crippen LogP contribution in [0.15, 0.2) is 30.5 Å². The van der Waals surface area contributed by atoms with Crippen LogP contribution in [0.1, 0.15) is 17.1 Å². The van der Waals surface area contributed by atoms with Crippen LogP contribution in [0.25, 0.3) is 11.0 Å². The van der Waals surface area contributed by atoms with E-state index in [1.54, 1.807) is 6.20 Å². The molecule has 4 nitrogen and oxygen atoms in total. The van der Waals surface area contributed by atoms with E-state index in [0.717, 1.165) is 29.0 Å². The van der Waals surface area contributed by atoms with E-state index in [9.17, 15) is 0 Å². The van der Waals surface area contributed by atoms with Crippen molar-refractivity contribution >= 4 is 22.6 Å². The van der Waals surface area contributed by atoms with Gasteiger partial charge in [-0.3, -0.25) is 0 Å². The van der Waals surface area contributed by atoms with Crippen LogP contribution in [0.2, 0.25) is 5.28 Å². The number of imidazole rings is 1. The maximum absolute atomic E-state index is 5.79. The van der Waals surface area contributed by atoms with Crippen LogP contribution in [0, 0.1) is 6.92 Å². The summed E-state index contributed by atoms with van der Waals surface area (Å²) in [6.07, 6.45) is 2.40. The lowest BCUT2D eigenvalue weighted by atomic mass is 10.1. The van der Waals surface area contributed by atoms with Crippen LogP contribution in [0.3, 0.4) is 0 Å². The van der Waals surface area contributed by atoms with Crippen LogP contribution in [-0.4, -0.2) is 19.5 Å². The molecule has 0 atom stereocenters. The molecule has 0 saturated heterocycles. The third-order valence-electron chi connectivity index (χ3n) is 3.24. The first-order chi connectivity index (χ1) is 9.13. The molecule has 5 heteroatoms. The molecule has 0 radical (unpaired) electrons. The van der Waals surface area contributed by atoms with Crippen LogP contribution in [0.4, 0.5) is 0 Å². The summed E-state index contributed by atoms with van der Waals surface area (Å²) in [5, 5.41) is 0.284. The molecule has 0 N–H and O–H groups in total. The van der Waals surface area contributed by atoms with E-state index < -0.39 is 0 Å². The van der Waals surface area contributed by atoms with E-state index in [1.165, 1.54) is 5.56 Å². The number of rotatable bonds is 2. The van der Waals surface area contributed by atoms with Crippen molar-refractivity contribution in [3.63, 3.8) is 0 Å². The molecule has 0 spiro atoms. The summed E-state index contributed by atoms with van der Waals surface area (Å²) in [6.45, 7) is 2.00. The molecule has 0 aliphatic rings. The second kappa shape index (κ2) is 4.63. The van der Waals surface area contributed by atoms with Gasteiger partial charge >= 0.3 is 0 Å². The van der Waals surface area contributed by atoms with Crippen molar-refractivity contribution in [2.75, 3.05) is 0 Å². The fraction of sp³-hybridized carbons (Fsp3) is 0.214. The Balaban J connectivity index is 1.97. The maximum atomic E-state index is 5.79. The molecule has 0 unspecified atom stereocenters. The number of benzene rings is 1. The molecule has 0 fully saturated rings. The molecule has 2 heterocycles. The lowest BCUT2D eigenvalue weighted by molar-refractivity contribution is 0.886. The second-order valence-corrected chi connectivity index (χ2v) is 4.87. The van der Waals surface area contributed by atoms with Gasteiger partial charge < -0.3 is 4.57 Å². The van der Waals surface area contributed by atoms with Gasteiger partial charge in [-0.05, 0) is 42.3 Å². The number of hydrogen-bond acceptors (Lipinski definition) is 3. The van der Waals surface area contributed by atoms with Gasteiger partial charge in [-0.15, -0.1) is 0 Å². The van der Waals surface area contributed by atoms with Crippen molar-refractivity contribution in [3.8, 4) is 0 Å². The Kier molecular flexibility index (Phi) is 2.95. The minimum atomic E-state index is 0.284. The van der Waals surface area contributed by atoms with Crippen LogP contribution in [0.5, 0.6) is 0 Å².